The number of hydrogen-bond donors (Lipinski definition) is 2. The van der Waals surface area contributed by atoms with Crippen molar-refractivity contribution in [2.75, 3.05) is 10.2 Å². The summed E-state index contributed by atoms with van der Waals surface area (Å²) < 4.78 is 0. The Morgan fingerprint density at radius 3 is 2.21 bits per heavy atom. The number of carbonyl (C=O) groups excluding carboxylic acids is 1. The highest BCUT2D eigenvalue weighted by Crippen LogP contribution is 2.50. The summed E-state index contributed by atoms with van der Waals surface area (Å²) in [5.74, 6) is -0.0769. The molecule has 0 radical (unpaired) electrons. The van der Waals surface area contributed by atoms with Crippen LogP contribution in [0.2, 0.25) is 0 Å². The van der Waals surface area contributed by atoms with Crippen LogP contribution in [0.3, 0.4) is 0 Å². The maximum absolute atomic E-state index is 12.8. The van der Waals surface area contributed by atoms with Gasteiger partial charge in [0.15, 0.2) is 0 Å². The molecule has 0 bridgehead atoms. The number of benzene rings is 3. The summed E-state index contributed by atoms with van der Waals surface area (Å²) in [4.78, 5) is 26.1. The first-order valence-electron chi connectivity index (χ1n) is 11.5. The molecule has 168 valence electrons. The summed E-state index contributed by atoms with van der Waals surface area (Å²) in [6.07, 6.45) is 2.33. The molecule has 1 aliphatic heterocycles. The fraction of sp³-hybridized carbons (Fsp3) is 0.286. The van der Waals surface area contributed by atoms with Crippen molar-refractivity contribution in [3.8, 4) is 11.1 Å². The summed E-state index contributed by atoms with van der Waals surface area (Å²) in [5.41, 5.74) is 5.35. The number of carbonyl (C=O) groups is 2. The Morgan fingerprint density at radius 2 is 1.61 bits per heavy atom. The minimum absolute atomic E-state index is 0.0573. The zero-order valence-electron chi connectivity index (χ0n) is 18.9. The molecule has 0 saturated heterocycles. The Morgan fingerprint density at radius 1 is 0.939 bits per heavy atom. The van der Waals surface area contributed by atoms with E-state index in [9.17, 15) is 14.7 Å². The van der Waals surface area contributed by atoms with Gasteiger partial charge < -0.3 is 15.3 Å². The molecule has 2 aliphatic rings. The van der Waals surface area contributed by atoms with Crippen molar-refractivity contribution >= 4 is 23.3 Å². The zero-order valence-corrected chi connectivity index (χ0v) is 18.9. The van der Waals surface area contributed by atoms with E-state index in [0.717, 1.165) is 28.1 Å². The van der Waals surface area contributed by atoms with Crippen molar-refractivity contribution in [3.63, 3.8) is 0 Å². The van der Waals surface area contributed by atoms with Crippen molar-refractivity contribution in [3.05, 3.63) is 83.9 Å². The number of aromatic carboxylic acids is 1. The first kappa shape index (κ1) is 21.3. The van der Waals surface area contributed by atoms with Crippen molar-refractivity contribution in [1.82, 2.24) is 0 Å². The van der Waals surface area contributed by atoms with E-state index in [-0.39, 0.29) is 29.5 Å². The van der Waals surface area contributed by atoms with Gasteiger partial charge in [-0.3, -0.25) is 4.79 Å². The number of carboxylic acid groups (broad SMARTS) is 1. The van der Waals surface area contributed by atoms with Crippen LogP contribution in [-0.2, 0) is 4.79 Å². The van der Waals surface area contributed by atoms with E-state index in [1.807, 2.05) is 41.3 Å². The second-order valence-corrected chi connectivity index (χ2v) is 9.22. The van der Waals surface area contributed by atoms with Gasteiger partial charge in [0, 0.05) is 30.3 Å². The molecule has 0 aromatic heterocycles. The van der Waals surface area contributed by atoms with E-state index < -0.39 is 5.97 Å². The third-order valence-electron chi connectivity index (χ3n) is 6.99. The third kappa shape index (κ3) is 3.99. The maximum atomic E-state index is 12.8. The minimum Gasteiger partial charge on any atom is -0.478 e. The van der Waals surface area contributed by atoms with E-state index in [0.29, 0.717) is 5.92 Å². The van der Waals surface area contributed by atoms with Gasteiger partial charge in [0.1, 0.15) is 0 Å². The minimum atomic E-state index is -0.934. The van der Waals surface area contributed by atoms with Gasteiger partial charge in [0.2, 0.25) is 5.91 Å². The lowest BCUT2D eigenvalue weighted by atomic mass is 9.79. The summed E-state index contributed by atoms with van der Waals surface area (Å²) in [5, 5.41) is 13.0. The predicted molar refractivity (Wildman–Crippen MR) is 130 cm³/mol. The predicted octanol–water partition coefficient (Wildman–Crippen LogP) is 5.99. The van der Waals surface area contributed by atoms with Crippen LogP contribution in [0.1, 0.15) is 48.7 Å². The average Bonchev–Trinajstić information content (AvgIpc) is 3.66. The van der Waals surface area contributed by atoms with Gasteiger partial charge in [-0.2, -0.15) is 0 Å². The Bertz CT molecular complexity index is 1190. The molecule has 0 spiro atoms. The van der Waals surface area contributed by atoms with Crippen LogP contribution >= 0.6 is 0 Å². The average molecular weight is 441 g/mol. The van der Waals surface area contributed by atoms with Crippen LogP contribution in [0, 0.1) is 11.8 Å². The first-order chi connectivity index (χ1) is 15.9. The lowest BCUT2D eigenvalue weighted by molar-refractivity contribution is -0.117. The number of nitrogens with one attached hydrogen (secondary N) is 1. The van der Waals surface area contributed by atoms with E-state index in [2.05, 4.69) is 36.5 Å². The molecule has 5 rings (SSSR count). The van der Waals surface area contributed by atoms with E-state index in [4.69, 9.17) is 0 Å². The largest absolute Gasteiger partial charge is 0.478 e. The van der Waals surface area contributed by atoms with Crippen LogP contribution in [0.25, 0.3) is 11.1 Å². The SMILES string of the molecule is CC(=O)N1c2ccc(-c3ccc(C(=O)O)cc3)cc2C(Nc2ccccc2)[C@@H](C)C1C1CC1. The van der Waals surface area contributed by atoms with Crippen LogP contribution in [0.15, 0.2) is 72.8 Å². The van der Waals surface area contributed by atoms with Crippen molar-refractivity contribution in [1.29, 1.82) is 0 Å². The highest BCUT2D eigenvalue weighted by Gasteiger charge is 2.47. The summed E-state index contributed by atoms with van der Waals surface area (Å²) in [7, 11) is 0. The van der Waals surface area contributed by atoms with Crippen molar-refractivity contribution in [2.24, 2.45) is 11.8 Å². The molecule has 1 amide bonds. The number of nitrogens with zero attached hydrogens (tertiary/aromatic N) is 1. The molecule has 1 saturated carbocycles. The molecule has 1 fully saturated rings. The molecule has 1 heterocycles. The van der Waals surface area contributed by atoms with E-state index >= 15 is 0 Å². The van der Waals surface area contributed by atoms with Crippen LogP contribution < -0.4 is 10.2 Å². The van der Waals surface area contributed by atoms with E-state index in [1.165, 1.54) is 12.8 Å². The molecule has 3 aromatic rings. The van der Waals surface area contributed by atoms with E-state index in [1.54, 1.807) is 19.1 Å². The first-order valence-corrected chi connectivity index (χ1v) is 11.5. The normalized spacial score (nSPS) is 21.9. The lowest BCUT2D eigenvalue weighted by Crippen LogP contribution is -2.51. The Balaban J connectivity index is 1.61. The zero-order chi connectivity index (χ0) is 23.1. The molecule has 2 N–H and O–H groups in total. The Labute approximate surface area is 194 Å². The monoisotopic (exact) mass is 440 g/mol. The van der Waals surface area contributed by atoms with Gasteiger partial charge >= 0.3 is 5.97 Å². The van der Waals surface area contributed by atoms with Gasteiger partial charge in [-0.05, 0) is 71.8 Å². The summed E-state index contributed by atoms with van der Waals surface area (Å²) in [6.45, 7) is 3.91. The number of amides is 1. The lowest BCUT2D eigenvalue weighted by Gasteiger charge is -2.46. The quantitative estimate of drug-likeness (QED) is 0.512. The van der Waals surface area contributed by atoms with Gasteiger partial charge in [0.25, 0.3) is 0 Å². The number of carboxylic acids is 1. The highest BCUT2D eigenvalue weighted by atomic mass is 16.4. The Kier molecular flexibility index (Phi) is 5.41. The molecular weight excluding hydrogens is 412 g/mol. The smallest absolute Gasteiger partial charge is 0.335 e. The molecular formula is C28H28N2O3. The Hall–Kier alpha value is -3.60. The van der Waals surface area contributed by atoms with Crippen molar-refractivity contribution < 1.29 is 14.7 Å². The molecule has 33 heavy (non-hydrogen) atoms. The van der Waals surface area contributed by atoms with Gasteiger partial charge in [0.05, 0.1) is 11.6 Å². The van der Waals surface area contributed by atoms with Gasteiger partial charge in [-0.15, -0.1) is 0 Å². The van der Waals surface area contributed by atoms with Crippen LogP contribution in [0.4, 0.5) is 11.4 Å². The van der Waals surface area contributed by atoms with Gasteiger partial charge in [-0.1, -0.05) is 43.3 Å². The van der Waals surface area contributed by atoms with Crippen LogP contribution in [-0.4, -0.2) is 23.0 Å². The molecule has 5 heteroatoms. The summed E-state index contributed by atoms with van der Waals surface area (Å²) in [6, 6.07) is 23.6. The number of para-hydroxylation sites is 1. The van der Waals surface area contributed by atoms with Crippen molar-refractivity contribution in [2.45, 2.75) is 38.8 Å². The maximum Gasteiger partial charge on any atom is 0.335 e. The van der Waals surface area contributed by atoms with Gasteiger partial charge in [-0.25, -0.2) is 4.79 Å². The topological polar surface area (TPSA) is 69.6 Å². The second kappa shape index (κ2) is 8.39. The third-order valence-corrected chi connectivity index (χ3v) is 6.99. The number of hydrogen-bond acceptors (Lipinski definition) is 3. The fourth-order valence-corrected chi connectivity index (χ4v) is 5.26. The number of fused-ring (bicyclic) bond motifs is 1. The second-order valence-electron chi connectivity index (χ2n) is 9.22. The fourth-order valence-electron chi connectivity index (χ4n) is 5.26. The molecule has 2 unspecified atom stereocenters. The molecule has 1 aliphatic carbocycles. The molecule has 3 aromatic carbocycles. The number of anilines is 2. The number of rotatable bonds is 5. The molecule has 5 nitrogen and oxygen atoms in total. The van der Waals surface area contributed by atoms with Crippen LogP contribution in [0.5, 0.6) is 0 Å². The molecule has 3 atom stereocenters. The summed E-state index contributed by atoms with van der Waals surface area (Å²) >= 11 is 0. The highest BCUT2D eigenvalue weighted by molar-refractivity contribution is 5.95. The standard InChI is InChI=1S/C28H28N2O3/c1-17-26(29-23-6-4-3-5-7-23)24-16-22(19-8-12-21(13-9-19)28(32)33)14-15-25(24)30(18(2)31)27(17)20-10-11-20/h3-9,12-17,20,26-27,29H,10-11H2,1-2H3,(H,32,33)/t17-,26?,27?/m1/s1.